The predicted octanol–water partition coefficient (Wildman–Crippen LogP) is 4.07. The molecule has 1 aliphatic carbocycles. The van der Waals surface area contributed by atoms with Crippen LogP contribution in [0.4, 0.5) is 10.5 Å². The third-order valence-electron chi connectivity index (χ3n) is 4.41. The fourth-order valence-corrected chi connectivity index (χ4v) is 3.38. The van der Waals surface area contributed by atoms with Crippen LogP contribution in [0.5, 0.6) is 0 Å². The van der Waals surface area contributed by atoms with Crippen LogP contribution in [0.15, 0.2) is 30.3 Å². The Morgan fingerprint density at radius 3 is 2.43 bits per heavy atom. The summed E-state index contributed by atoms with van der Waals surface area (Å²) in [5.41, 5.74) is 0.697. The molecule has 1 fully saturated rings. The van der Waals surface area contributed by atoms with E-state index in [2.05, 4.69) is 0 Å². The first-order valence-corrected chi connectivity index (χ1v) is 8.36. The molecule has 1 saturated carbocycles. The highest BCUT2D eigenvalue weighted by molar-refractivity contribution is 5.89. The summed E-state index contributed by atoms with van der Waals surface area (Å²) in [5.74, 6) is -0.685. The summed E-state index contributed by atoms with van der Waals surface area (Å²) in [6, 6.07) is 8.86. The van der Waals surface area contributed by atoms with Crippen molar-refractivity contribution >= 4 is 17.7 Å². The number of ether oxygens (including phenoxy) is 1. The highest BCUT2D eigenvalue weighted by Gasteiger charge is 2.35. The number of aliphatic carboxylic acids is 1. The molecule has 23 heavy (non-hydrogen) atoms. The molecule has 1 unspecified atom stereocenters. The van der Waals surface area contributed by atoms with E-state index in [4.69, 9.17) is 4.74 Å². The van der Waals surface area contributed by atoms with Crippen molar-refractivity contribution in [3.8, 4) is 0 Å². The lowest BCUT2D eigenvalue weighted by molar-refractivity contribution is -0.137. The number of hydrogen-bond donors (Lipinski definition) is 1. The van der Waals surface area contributed by atoms with E-state index in [0.717, 1.165) is 25.7 Å². The SMILES string of the molecule is CCOC(=O)N(c1ccccc1)C(CC(=O)O)C1CCCCC1. The lowest BCUT2D eigenvalue weighted by atomic mass is 9.82. The first-order valence-electron chi connectivity index (χ1n) is 8.36. The van der Waals surface area contributed by atoms with Crippen LogP contribution in [0.2, 0.25) is 0 Å². The van der Waals surface area contributed by atoms with Gasteiger partial charge in [-0.3, -0.25) is 9.69 Å². The molecular weight excluding hydrogens is 294 g/mol. The lowest BCUT2D eigenvalue weighted by Crippen LogP contribution is -2.47. The molecule has 126 valence electrons. The van der Waals surface area contributed by atoms with Crippen LogP contribution in [0, 0.1) is 5.92 Å². The van der Waals surface area contributed by atoms with Gasteiger partial charge in [0.05, 0.1) is 19.1 Å². The molecule has 0 spiro atoms. The van der Waals surface area contributed by atoms with Crippen molar-refractivity contribution < 1.29 is 19.4 Å². The highest BCUT2D eigenvalue weighted by atomic mass is 16.6. The standard InChI is InChI=1S/C18H25NO4/c1-2-23-18(22)19(15-11-7-4-8-12-15)16(13-17(20)21)14-9-5-3-6-10-14/h4,7-8,11-12,14,16H,2-3,5-6,9-10,13H2,1H3,(H,20,21). The highest BCUT2D eigenvalue weighted by Crippen LogP contribution is 2.33. The molecule has 1 amide bonds. The second kappa shape index (κ2) is 8.56. The molecule has 5 nitrogen and oxygen atoms in total. The summed E-state index contributed by atoms with van der Waals surface area (Å²) >= 11 is 0. The van der Waals surface area contributed by atoms with E-state index in [1.165, 1.54) is 6.42 Å². The third-order valence-corrected chi connectivity index (χ3v) is 4.41. The van der Waals surface area contributed by atoms with Gasteiger partial charge in [-0.05, 0) is 37.8 Å². The average Bonchev–Trinajstić information content (AvgIpc) is 2.56. The molecule has 0 aromatic heterocycles. The lowest BCUT2D eigenvalue weighted by Gasteiger charge is -2.37. The summed E-state index contributed by atoms with van der Waals surface area (Å²) in [6.07, 6.45) is 4.76. The van der Waals surface area contributed by atoms with E-state index in [9.17, 15) is 14.7 Å². The molecule has 5 heteroatoms. The zero-order valence-corrected chi connectivity index (χ0v) is 13.6. The van der Waals surface area contributed by atoms with Gasteiger partial charge < -0.3 is 9.84 Å². The summed E-state index contributed by atoms with van der Waals surface area (Å²) in [7, 11) is 0. The Labute approximate surface area is 137 Å². The van der Waals surface area contributed by atoms with E-state index in [1.807, 2.05) is 30.3 Å². The van der Waals surface area contributed by atoms with Gasteiger partial charge in [0.1, 0.15) is 0 Å². The molecule has 0 aliphatic heterocycles. The molecule has 1 aliphatic rings. The Balaban J connectivity index is 2.33. The van der Waals surface area contributed by atoms with Gasteiger partial charge in [-0.2, -0.15) is 0 Å². The molecule has 1 aromatic rings. The summed E-state index contributed by atoms with van der Waals surface area (Å²) in [5, 5.41) is 9.34. The van der Waals surface area contributed by atoms with E-state index in [0.29, 0.717) is 5.69 Å². The Morgan fingerprint density at radius 2 is 1.87 bits per heavy atom. The van der Waals surface area contributed by atoms with Crippen molar-refractivity contribution in [3.05, 3.63) is 30.3 Å². The van der Waals surface area contributed by atoms with E-state index in [1.54, 1.807) is 11.8 Å². The smallest absolute Gasteiger partial charge is 0.414 e. The minimum Gasteiger partial charge on any atom is -0.481 e. The first-order chi connectivity index (χ1) is 11.1. The van der Waals surface area contributed by atoms with Crippen molar-refractivity contribution in [2.24, 2.45) is 5.92 Å². The van der Waals surface area contributed by atoms with Crippen molar-refractivity contribution in [2.75, 3.05) is 11.5 Å². The number of carbonyl (C=O) groups excluding carboxylic acids is 1. The number of carboxylic acid groups (broad SMARTS) is 1. The van der Waals surface area contributed by atoms with Gasteiger partial charge >= 0.3 is 12.1 Å². The number of amides is 1. The van der Waals surface area contributed by atoms with E-state index < -0.39 is 12.1 Å². The maximum atomic E-state index is 12.5. The number of nitrogens with zero attached hydrogens (tertiary/aromatic N) is 1. The van der Waals surface area contributed by atoms with Crippen LogP contribution >= 0.6 is 0 Å². The van der Waals surface area contributed by atoms with Crippen LogP contribution in [0.25, 0.3) is 0 Å². The number of carbonyl (C=O) groups is 2. The number of anilines is 1. The number of hydrogen-bond acceptors (Lipinski definition) is 3. The van der Waals surface area contributed by atoms with Crippen LogP contribution < -0.4 is 4.90 Å². The molecule has 0 heterocycles. The van der Waals surface area contributed by atoms with Crippen LogP contribution in [-0.4, -0.2) is 29.8 Å². The molecule has 1 atom stereocenters. The minimum atomic E-state index is -0.884. The van der Waals surface area contributed by atoms with Crippen molar-refractivity contribution in [1.29, 1.82) is 0 Å². The summed E-state index contributed by atoms with van der Waals surface area (Å²) < 4.78 is 5.21. The second-order valence-corrected chi connectivity index (χ2v) is 5.97. The van der Waals surface area contributed by atoms with Gasteiger partial charge in [0.2, 0.25) is 0 Å². The number of para-hydroxylation sites is 1. The van der Waals surface area contributed by atoms with Crippen molar-refractivity contribution in [2.45, 2.75) is 51.5 Å². The van der Waals surface area contributed by atoms with E-state index >= 15 is 0 Å². The third kappa shape index (κ3) is 4.71. The average molecular weight is 319 g/mol. The fraction of sp³-hybridized carbons (Fsp3) is 0.556. The zero-order valence-electron chi connectivity index (χ0n) is 13.6. The zero-order chi connectivity index (χ0) is 16.7. The second-order valence-electron chi connectivity index (χ2n) is 5.97. The van der Waals surface area contributed by atoms with Crippen LogP contribution in [-0.2, 0) is 9.53 Å². The Hall–Kier alpha value is -2.04. The minimum absolute atomic E-state index is 0.0572. The fourth-order valence-electron chi connectivity index (χ4n) is 3.38. The predicted molar refractivity (Wildman–Crippen MR) is 88.6 cm³/mol. The Kier molecular flexibility index (Phi) is 6.44. The maximum absolute atomic E-state index is 12.5. The van der Waals surface area contributed by atoms with Crippen LogP contribution in [0.1, 0.15) is 45.4 Å². The van der Waals surface area contributed by atoms with Gasteiger partial charge in [-0.1, -0.05) is 37.5 Å². The first kappa shape index (κ1) is 17.3. The van der Waals surface area contributed by atoms with Gasteiger partial charge in [-0.25, -0.2) is 4.79 Å². The molecule has 0 saturated heterocycles. The van der Waals surface area contributed by atoms with Gasteiger partial charge in [-0.15, -0.1) is 0 Å². The summed E-state index contributed by atoms with van der Waals surface area (Å²) in [6.45, 7) is 2.03. The van der Waals surface area contributed by atoms with Gasteiger partial charge in [0.25, 0.3) is 0 Å². The Bertz CT molecular complexity index is 511. The van der Waals surface area contributed by atoms with Gasteiger partial charge in [0.15, 0.2) is 0 Å². The largest absolute Gasteiger partial charge is 0.481 e. The normalized spacial score (nSPS) is 16.6. The molecule has 0 radical (unpaired) electrons. The molecule has 0 bridgehead atoms. The summed E-state index contributed by atoms with van der Waals surface area (Å²) in [4.78, 5) is 25.5. The Morgan fingerprint density at radius 1 is 1.22 bits per heavy atom. The van der Waals surface area contributed by atoms with Crippen molar-refractivity contribution in [1.82, 2.24) is 0 Å². The van der Waals surface area contributed by atoms with Gasteiger partial charge in [0, 0.05) is 5.69 Å². The molecule has 1 aromatic carbocycles. The molecule has 1 N–H and O–H groups in total. The molecule has 2 rings (SSSR count). The van der Waals surface area contributed by atoms with Crippen LogP contribution in [0.3, 0.4) is 0 Å². The number of rotatable bonds is 6. The topological polar surface area (TPSA) is 66.8 Å². The molecular formula is C18H25NO4. The maximum Gasteiger partial charge on any atom is 0.414 e. The van der Waals surface area contributed by atoms with E-state index in [-0.39, 0.29) is 25.0 Å². The number of carboxylic acids is 1. The van der Waals surface area contributed by atoms with Crippen molar-refractivity contribution in [3.63, 3.8) is 0 Å². The quantitative estimate of drug-likeness (QED) is 0.858. The number of benzene rings is 1. The monoisotopic (exact) mass is 319 g/mol.